The fourth-order valence-corrected chi connectivity index (χ4v) is 5.14. The molecule has 13 nitrogen and oxygen atoms in total. The summed E-state index contributed by atoms with van der Waals surface area (Å²) in [5.74, 6) is 0.170. The average Bonchev–Trinajstić information content (AvgIpc) is 2.92. The second-order valence-electron chi connectivity index (χ2n) is 8.59. The lowest BCUT2D eigenvalue weighted by Crippen LogP contribution is -2.24. The molecule has 0 aliphatic carbocycles. The molecule has 214 valence electrons. The molecule has 1 aromatic heterocycles. The van der Waals surface area contributed by atoms with E-state index in [1.165, 1.54) is 54.6 Å². The number of para-hydroxylation sites is 1. The first-order valence-corrected chi connectivity index (χ1v) is 14.9. The van der Waals surface area contributed by atoms with Gasteiger partial charge in [-0.05, 0) is 35.9 Å². The van der Waals surface area contributed by atoms with E-state index in [4.69, 9.17) is 0 Å². The molecule has 0 saturated carbocycles. The molecule has 0 fully saturated rings. The van der Waals surface area contributed by atoms with E-state index in [2.05, 4.69) is 25.6 Å². The van der Waals surface area contributed by atoms with Gasteiger partial charge < -0.3 is 20.6 Å². The van der Waals surface area contributed by atoms with Gasteiger partial charge in [0, 0.05) is 24.8 Å². The Labute approximate surface area is 236 Å². The highest BCUT2D eigenvalue weighted by Crippen LogP contribution is 2.29. The molecule has 0 atom stereocenters. The number of hydrogen-bond acceptors (Lipinski definition) is 11. The topological polar surface area (TPSA) is 195 Å². The van der Waals surface area contributed by atoms with E-state index in [0.29, 0.717) is 5.69 Å². The summed E-state index contributed by atoms with van der Waals surface area (Å²) in [7, 11) is -7.74. The van der Waals surface area contributed by atoms with Crippen LogP contribution in [0.25, 0.3) is 11.8 Å². The third-order valence-corrected chi connectivity index (χ3v) is 7.47. The van der Waals surface area contributed by atoms with Gasteiger partial charge in [0.25, 0.3) is 20.2 Å². The van der Waals surface area contributed by atoms with Crippen molar-refractivity contribution in [2.24, 2.45) is 0 Å². The number of aliphatic hydroxyl groups excluding tert-OH is 1. The number of aliphatic hydroxyl groups is 1. The minimum atomic E-state index is -4.73. The summed E-state index contributed by atoms with van der Waals surface area (Å²) >= 11 is 0. The van der Waals surface area contributed by atoms with Crippen LogP contribution >= 0.6 is 0 Å². The highest BCUT2D eigenvalue weighted by molar-refractivity contribution is 7.86. The number of likely N-dealkylation sites (N-methyl/N-ethyl adjacent to an activating group) is 1. The molecule has 0 bridgehead atoms. The Morgan fingerprint density at radius 2 is 1.39 bits per heavy atom. The average molecular weight is 599 g/mol. The number of aromatic nitrogens is 3. The standard InChI is InChI=1S/C26H26N6O7S2/c1-32(15-16-33)26-30-24(27-19-10-3-2-4-11-19)29-25(31-26)28-21(20-12-6-8-14-23(20)41(37,38)39)17-18-9-5-7-13-22(18)40(34,35)36/h2-14,17,33H,15-16H2,1H3,(H,34,35,36)(H,37,38,39)(H2,27,28,29,30,31). The first-order chi connectivity index (χ1) is 19.5. The van der Waals surface area contributed by atoms with Crippen LogP contribution in [-0.4, -0.2) is 66.2 Å². The van der Waals surface area contributed by atoms with Gasteiger partial charge in [-0.3, -0.25) is 9.11 Å². The maximum atomic E-state index is 12.2. The van der Waals surface area contributed by atoms with Crippen molar-refractivity contribution in [3.8, 4) is 0 Å². The van der Waals surface area contributed by atoms with E-state index in [0.717, 1.165) is 0 Å². The normalized spacial score (nSPS) is 12.1. The van der Waals surface area contributed by atoms with Crippen LogP contribution in [0.3, 0.4) is 0 Å². The van der Waals surface area contributed by atoms with Crippen molar-refractivity contribution >= 4 is 55.5 Å². The first-order valence-electron chi connectivity index (χ1n) is 12.0. The summed E-state index contributed by atoms with van der Waals surface area (Å²) in [6.45, 7) is -0.00402. The molecule has 5 N–H and O–H groups in total. The predicted octanol–water partition coefficient (Wildman–Crippen LogP) is 3.15. The summed E-state index contributed by atoms with van der Waals surface area (Å²) in [5, 5.41) is 15.4. The number of benzene rings is 3. The number of anilines is 4. The smallest absolute Gasteiger partial charge is 0.295 e. The quantitative estimate of drug-likeness (QED) is 0.125. The minimum Gasteiger partial charge on any atom is -0.395 e. The van der Waals surface area contributed by atoms with Gasteiger partial charge in [0.15, 0.2) is 0 Å². The second kappa shape index (κ2) is 12.4. The van der Waals surface area contributed by atoms with Gasteiger partial charge >= 0.3 is 0 Å². The molecular formula is C26H26N6O7S2. The summed E-state index contributed by atoms with van der Waals surface area (Å²) in [4.78, 5) is 13.8. The summed E-state index contributed by atoms with van der Waals surface area (Å²) in [5.41, 5.74) is 0.609. The largest absolute Gasteiger partial charge is 0.395 e. The molecule has 0 saturated heterocycles. The monoisotopic (exact) mass is 598 g/mol. The van der Waals surface area contributed by atoms with Crippen LogP contribution in [0, 0.1) is 0 Å². The van der Waals surface area contributed by atoms with Crippen LogP contribution in [-0.2, 0) is 20.2 Å². The van der Waals surface area contributed by atoms with E-state index in [1.807, 2.05) is 6.07 Å². The zero-order valence-corrected chi connectivity index (χ0v) is 23.2. The molecule has 1 heterocycles. The minimum absolute atomic E-state index is 0.0111. The van der Waals surface area contributed by atoms with Crippen LogP contribution in [0.1, 0.15) is 11.1 Å². The molecule has 4 rings (SSSR count). The second-order valence-corrected chi connectivity index (χ2v) is 11.4. The molecular weight excluding hydrogens is 572 g/mol. The lowest BCUT2D eigenvalue weighted by atomic mass is 10.1. The third-order valence-electron chi connectivity index (χ3n) is 5.63. The lowest BCUT2D eigenvalue weighted by Gasteiger charge is -2.19. The highest BCUT2D eigenvalue weighted by atomic mass is 32.2. The van der Waals surface area contributed by atoms with E-state index in [-0.39, 0.29) is 47.8 Å². The zero-order valence-electron chi connectivity index (χ0n) is 21.6. The number of rotatable bonds is 11. The zero-order chi connectivity index (χ0) is 29.6. The van der Waals surface area contributed by atoms with Crippen molar-refractivity contribution in [1.29, 1.82) is 0 Å². The van der Waals surface area contributed by atoms with Crippen molar-refractivity contribution in [1.82, 2.24) is 15.0 Å². The fourth-order valence-electron chi connectivity index (χ4n) is 3.75. The summed E-state index contributed by atoms with van der Waals surface area (Å²) in [6, 6.07) is 20.0. The third kappa shape index (κ3) is 7.62. The van der Waals surface area contributed by atoms with Crippen LogP contribution in [0.2, 0.25) is 0 Å². The van der Waals surface area contributed by atoms with Gasteiger partial charge in [0.2, 0.25) is 17.8 Å². The number of nitrogens with one attached hydrogen (secondary N) is 2. The molecule has 15 heteroatoms. The first kappa shape index (κ1) is 29.6. The summed E-state index contributed by atoms with van der Waals surface area (Å²) < 4.78 is 68.3. The molecule has 0 spiro atoms. The lowest BCUT2D eigenvalue weighted by molar-refractivity contribution is 0.303. The Kier molecular flexibility index (Phi) is 8.95. The molecule has 0 unspecified atom stereocenters. The van der Waals surface area contributed by atoms with Gasteiger partial charge in [-0.2, -0.15) is 31.8 Å². The highest BCUT2D eigenvalue weighted by Gasteiger charge is 2.21. The molecule has 0 radical (unpaired) electrons. The van der Waals surface area contributed by atoms with Crippen LogP contribution in [0.5, 0.6) is 0 Å². The van der Waals surface area contributed by atoms with Crippen LogP contribution < -0.4 is 15.5 Å². The maximum Gasteiger partial charge on any atom is 0.295 e. The van der Waals surface area contributed by atoms with Crippen molar-refractivity contribution in [3.05, 3.63) is 90.0 Å². The summed E-state index contributed by atoms with van der Waals surface area (Å²) in [6.07, 6.45) is 1.28. The number of nitrogens with zero attached hydrogens (tertiary/aromatic N) is 4. The SMILES string of the molecule is CN(CCO)c1nc(NC(=Cc2ccccc2S(=O)(=O)O)c2ccccc2S(=O)(=O)O)nc(Nc2ccccc2)n1. The van der Waals surface area contributed by atoms with Crippen molar-refractivity contribution in [2.45, 2.75) is 9.79 Å². The van der Waals surface area contributed by atoms with Crippen LogP contribution in [0.4, 0.5) is 23.5 Å². The Morgan fingerprint density at radius 3 is 2.05 bits per heavy atom. The van der Waals surface area contributed by atoms with Gasteiger partial charge in [0.05, 0.1) is 12.3 Å². The molecule has 41 heavy (non-hydrogen) atoms. The van der Waals surface area contributed by atoms with Crippen molar-refractivity contribution in [2.75, 3.05) is 35.7 Å². The van der Waals surface area contributed by atoms with Gasteiger partial charge in [-0.15, -0.1) is 0 Å². The van der Waals surface area contributed by atoms with Crippen molar-refractivity contribution < 1.29 is 31.0 Å². The Hall–Kier alpha value is -4.41. The van der Waals surface area contributed by atoms with Crippen LogP contribution in [0.15, 0.2) is 88.7 Å². The van der Waals surface area contributed by atoms with Gasteiger partial charge in [-0.1, -0.05) is 54.6 Å². The molecule has 0 aliphatic heterocycles. The molecule has 0 amide bonds. The van der Waals surface area contributed by atoms with E-state index in [1.54, 1.807) is 36.2 Å². The van der Waals surface area contributed by atoms with E-state index in [9.17, 15) is 31.0 Å². The molecule has 3 aromatic carbocycles. The predicted molar refractivity (Wildman–Crippen MR) is 154 cm³/mol. The Morgan fingerprint density at radius 1 is 0.805 bits per heavy atom. The Bertz CT molecular complexity index is 1780. The fraction of sp³-hybridized carbons (Fsp3) is 0.115. The number of hydrogen-bond donors (Lipinski definition) is 5. The molecule has 4 aromatic rings. The van der Waals surface area contributed by atoms with Crippen molar-refractivity contribution in [3.63, 3.8) is 0 Å². The maximum absolute atomic E-state index is 12.2. The van der Waals surface area contributed by atoms with E-state index < -0.39 is 30.0 Å². The Balaban J connectivity index is 1.91. The molecule has 0 aliphatic rings. The van der Waals surface area contributed by atoms with Gasteiger partial charge in [0.1, 0.15) is 9.79 Å². The van der Waals surface area contributed by atoms with E-state index >= 15 is 0 Å². The van der Waals surface area contributed by atoms with Gasteiger partial charge in [-0.25, -0.2) is 0 Å².